The predicted octanol–water partition coefficient (Wildman–Crippen LogP) is 1.81. The third-order valence-corrected chi connectivity index (χ3v) is 6.10. The van der Waals surface area contributed by atoms with Crippen LogP contribution in [0.2, 0.25) is 0 Å². The number of aromatic nitrogens is 1. The number of hydrogen-bond donors (Lipinski definition) is 1. The molecule has 158 valence electrons. The number of quaternary nitrogens is 1. The molecule has 1 aromatic heterocycles. The van der Waals surface area contributed by atoms with E-state index in [2.05, 4.69) is 36.6 Å². The summed E-state index contributed by atoms with van der Waals surface area (Å²) in [4.78, 5) is 19.5. The van der Waals surface area contributed by atoms with Crippen molar-refractivity contribution in [1.82, 2.24) is 4.57 Å². The zero-order valence-corrected chi connectivity index (χ0v) is 18.5. The molecule has 1 aliphatic heterocycles. The van der Waals surface area contributed by atoms with E-state index in [0.717, 1.165) is 67.6 Å². The van der Waals surface area contributed by atoms with Gasteiger partial charge < -0.3 is 18.9 Å². The van der Waals surface area contributed by atoms with Gasteiger partial charge in [-0.15, -0.1) is 11.3 Å². The summed E-state index contributed by atoms with van der Waals surface area (Å²) in [5.41, 5.74) is 4.35. The molecule has 29 heavy (non-hydrogen) atoms. The van der Waals surface area contributed by atoms with E-state index in [9.17, 15) is 4.79 Å². The minimum absolute atomic E-state index is 0.184. The molecule has 0 bridgehead atoms. The predicted molar refractivity (Wildman–Crippen MR) is 115 cm³/mol. The minimum atomic E-state index is -0.184. The van der Waals surface area contributed by atoms with Gasteiger partial charge in [-0.2, -0.15) is 0 Å². The number of thiazole rings is 1. The van der Waals surface area contributed by atoms with Crippen molar-refractivity contribution in [2.24, 2.45) is 4.99 Å². The van der Waals surface area contributed by atoms with Crippen LogP contribution in [0.3, 0.4) is 0 Å². The lowest BCUT2D eigenvalue weighted by molar-refractivity contribution is -0.908. The number of carbonyl (C=O) groups excluding carboxylic acids is 1. The summed E-state index contributed by atoms with van der Waals surface area (Å²) in [5, 5.41) is 2.04. The number of benzene rings is 1. The monoisotopic (exact) mass is 418 g/mol. The number of rotatable bonds is 8. The Bertz CT molecular complexity index is 882. The average Bonchev–Trinajstić information content (AvgIpc) is 3.06. The molecule has 6 nitrogen and oxygen atoms in total. The first-order chi connectivity index (χ1) is 14.1. The Balaban J connectivity index is 1.81. The Hall–Kier alpha value is -1.96. The molecular formula is C22H32N3O3S+. The van der Waals surface area contributed by atoms with Crippen molar-refractivity contribution >= 4 is 23.0 Å². The van der Waals surface area contributed by atoms with E-state index in [0.29, 0.717) is 6.61 Å². The second-order valence-corrected chi connectivity index (χ2v) is 8.35. The number of morpholine rings is 1. The fourth-order valence-electron chi connectivity index (χ4n) is 3.62. The Morgan fingerprint density at radius 3 is 2.83 bits per heavy atom. The summed E-state index contributed by atoms with van der Waals surface area (Å²) in [6, 6.07) is 6.31. The standard InChI is InChI=1S/C22H31N3O3S/c1-4-28-21(26)15-19-16-29-22(23-20-7-6-17(2)14-18(20)3)25(19)9-5-8-24-10-12-27-13-11-24/h6-7,14,16H,4-5,8-13,15H2,1-3H3/p+1. The van der Waals surface area contributed by atoms with Crippen LogP contribution in [0.4, 0.5) is 5.69 Å². The van der Waals surface area contributed by atoms with Crippen LogP contribution in [0.1, 0.15) is 30.2 Å². The molecule has 7 heteroatoms. The van der Waals surface area contributed by atoms with Crippen molar-refractivity contribution in [2.75, 3.05) is 39.5 Å². The number of aryl methyl sites for hydroxylation is 2. The topological polar surface area (TPSA) is 57.3 Å². The SMILES string of the molecule is CCOC(=O)Cc1csc(=Nc2ccc(C)cc2C)n1CCC[NH+]1CCOCC1. The van der Waals surface area contributed by atoms with Gasteiger partial charge in [0, 0.05) is 24.0 Å². The van der Waals surface area contributed by atoms with Gasteiger partial charge in [-0.3, -0.25) is 4.79 Å². The highest BCUT2D eigenvalue weighted by atomic mass is 32.1. The molecular weight excluding hydrogens is 386 g/mol. The van der Waals surface area contributed by atoms with Crippen molar-refractivity contribution in [3.05, 3.63) is 45.2 Å². The minimum Gasteiger partial charge on any atom is -0.466 e. The average molecular weight is 419 g/mol. The Kier molecular flexibility index (Phi) is 8.03. The highest BCUT2D eigenvalue weighted by molar-refractivity contribution is 7.07. The van der Waals surface area contributed by atoms with E-state index in [4.69, 9.17) is 14.5 Å². The van der Waals surface area contributed by atoms with Gasteiger partial charge in [-0.05, 0) is 32.4 Å². The summed E-state index contributed by atoms with van der Waals surface area (Å²) in [6.07, 6.45) is 1.33. The lowest BCUT2D eigenvalue weighted by Crippen LogP contribution is -3.14. The highest BCUT2D eigenvalue weighted by Gasteiger charge is 2.15. The summed E-state index contributed by atoms with van der Waals surface area (Å²) >= 11 is 1.59. The molecule has 0 saturated carbocycles. The Labute approximate surface area is 176 Å². The zero-order chi connectivity index (χ0) is 20.6. The number of ether oxygens (including phenoxy) is 2. The first-order valence-electron chi connectivity index (χ1n) is 10.4. The van der Waals surface area contributed by atoms with Gasteiger partial charge in [0.2, 0.25) is 0 Å². The summed E-state index contributed by atoms with van der Waals surface area (Å²) in [6.45, 7) is 12.2. The maximum atomic E-state index is 12.1. The van der Waals surface area contributed by atoms with Crippen molar-refractivity contribution in [3.63, 3.8) is 0 Å². The molecule has 1 N–H and O–H groups in total. The summed E-state index contributed by atoms with van der Waals surface area (Å²) in [7, 11) is 0. The normalized spacial score (nSPS) is 15.6. The summed E-state index contributed by atoms with van der Waals surface area (Å²) < 4.78 is 12.8. The smallest absolute Gasteiger partial charge is 0.311 e. The van der Waals surface area contributed by atoms with Crippen LogP contribution in [0.5, 0.6) is 0 Å². The third-order valence-electron chi connectivity index (χ3n) is 5.19. The van der Waals surface area contributed by atoms with Gasteiger partial charge in [0.05, 0.1) is 38.5 Å². The molecule has 0 amide bonds. The number of nitrogens with zero attached hydrogens (tertiary/aromatic N) is 2. The Morgan fingerprint density at radius 2 is 2.10 bits per heavy atom. The second kappa shape index (κ2) is 10.7. The molecule has 0 spiro atoms. The van der Waals surface area contributed by atoms with Crippen molar-refractivity contribution in [2.45, 2.75) is 40.2 Å². The number of carbonyl (C=O) groups is 1. The number of hydrogen-bond acceptors (Lipinski definition) is 5. The van der Waals surface area contributed by atoms with E-state index in [-0.39, 0.29) is 12.4 Å². The molecule has 1 fully saturated rings. The molecule has 1 saturated heterocycles. The van der Waals surface area contributed by atoms with Crippen LogP contribution in [0.15, 0.2) is 28.6 Å². The molecule has 1 aromatic carbocycles. The fraction of sp³-hybridized carbons (Fsp3) is 0.545. The highest BCUT2D eigenvalue weighted by Crippen LogP contribution is 2.19. The Morgan fingerprint density at radius 1 is 1.31 bits per heavy atom. The van der Waals surface area contributed by atoms with Crippen LogP contribution in [-0.4, -0.2) is 50.0 Å². The lowest BCUT2D eigenvalue weighted by atomic mass is 10.1. The van der Waals surface area contributed by atoms with E-state index in [1.54, 1.807) is 16.2 Å². The van der Waals surface area contributed by atoms with Crippen molar-refractivity contribution in [3.8, 4) is 0 Å². The lowest BCUT2D eigenvalue weighted by Gasteiger charge is -2.23. The van der Waals surface area contributed by atoms with Crippen LogP contribution in [-0.2, 0) is 27.2 Å². The maximum absolute atomic E-state index is 12.1. The summed E-state index contributed by atoms with van der Waals surface area (Å²) in [5.74, 6) is -0.184. The molecule has 0 aliphatic carbocycles. The van der Waals surface area contributed by atoms with Crippen LogP contribution in [0, 0.1) is 13.8 Å². The quantitative estimate of drug-likeness (QED) is 0.666. The molecule has 1 aliphatic rings. The molecule has 0 atom stereocenters. The molecule has 2 heterocycles. The van der Waals surface area contributed by atoms with Crippen molar-refractivity contribution < 1.29 is 19.2 Å². The van der Waals surface area contributed by atoms with Crippen LogP contribution in [0.25, 0.3) is 0 Å². The van der Waals surface area contributed by atoms with Gasteiger partial charge in [0.1, 0.15) is 13.1 Å². The maximum Gasteiger partial charge on any atom is 0.311 e. The first kappa shape index (κ1) is 21.7. The third kappa shape index (κ3) is 6.26. The number of esters is 1. The largest absolute Gasteiger partial charge is 0.466 e. The van der Waals surface area contributed by atoms with Gasteiger partial charge in [-0.1, -0.05) is 17.7 Å². The van der Waals surface area contributed by atoms with Crippen LogP contribution < -0.4 is 9.70 Å². The van der Waals surface area contributed by atoms with Gasteiger partial charge in [0.15, 0.2) is 4.80 Å². The molecule has 0 unspecified atom stereocenters. The second-order valence-electron chi connectivity index (χ2n) is 7.51. The van der Waals surface area contributed by atoms with E-state index < -0.39 is 0 Å². The van der Waals surface area contributed by atoms with Crippen LogP contribution >= 0.6 is 11.3 Å². The van der Waals surface area contributed by atoms with E-state index in [1.165, 1.54) is 5.56 Å². The molecule has 3 rings (SSSR count). The molecule has 2 aromatic rings. The van der Waals surface area contributed by atoms with Gasteiger partial charge in [-0.25, -0.2) is 4.99 Å². The van der Waals surface area contributed by atoms with Gasteiger partial charge >= 0.3 is 5.97 Å². The van der Waals surface area contributed by atoms with E-state index >= 15 is 0 Å². The molecule has 0 radical (unpaired) electrons. The van der Waals surface area contributed by atoms with E-state index in [1.807, 2.05) is 12.3 Å². The zero-order valence-electron chi connectivity index (χ0n) is 17.7. The van der Waals surface area contributed by atoms with Gasteiger partial charge in [0.25, 0.3) is 0 Å². The van der Waals surface area contributed by atoms with Crippen molar-refractivity contribution in [1.29, 1.82) is 0 Å². The fourth-order valence-corrected chi connectivity index (χ4v) is 4.56. The first-order valence-corrected chi connectivity index (χ1v) is 11.3. The number of nitrogens with one attached hydrogen (secondary N) is 1.